The van der Waals surface area contributed by atoms with E-state index in [-0.39, 0.29) is 19.6 Å². The van der Waals surface area contributed by atoms with Gasteiger partial charge in [0.1, 0.15) is 13.2 Å². The number of carbonyl (C=O) groups is 3. The van der Waals surface area contributed by atoms with Gasteiger partial charge >= 0.3 is 17.9 Å². The van der Waals surface area contributed by atoms with E-state index >= 15 is 0 Å². The topological polar surface area (TPSA) is 110 Å². The first-order valence-electron chi connectivity index (χ1n) is 5.31. The molecule has 0 saturated heterocycles. The van der Waals surface area contributed by atoms with Gasteiger partial charge in [-0.3, -0.25) is 4.79 Å². The number of esters is 2. The quantitative estimate of drug-likeness (QED) is 0.507. The molecule has 0 aliphatic heterocycles. The summed E-state index contributed by atoms with van der Waals surface area (Å²) in [6.45, 7) is 7.79. The summed E-state index contributed by atoms with van der Waals surface area (Å²) in [4.78, 5) is 30.4. The first-order chi connectivity index (χ1) is 8.83. The van der Waals surface area contributed by atoms with E-state index in [0.717, 1.165) is 12.2 Å². The van der Waals surface area contributed by atoms with Gasteiger partial charge in [0.05, 0.1) is 12.5 Å². The Morgan fingerprint density at radius 2 is 1.63 bits per heavy atom. The van der Waals surface area contributed by atoms with Crippen molar-refractivity contribution in [3.63, 3.8) is 0 Å². The summed E-state index contributed by atoms with van der Waals surface area (Å²) in [5, 5.41) is 16.7. The second-order valence-electron chi connectivity index (χ2n) is 3.20. The van der Waals surface area contributed by atoms with E-state index in [1.807, 2.05) is 0 Å². The Bertz CT molecular complexity index is 320. The van der Waals surface area contributed by atoms with Gasteiger partial charge in [-0.05, 0) is 6.92 Å². The molecule has 0 amide bonds. The van der Waals surface area contributed by atoms with Gasteiger partial charge in [0, 0.05) is 12.2 Å². The molecule has 0 spiro atoms. The molecule has 0 aromatic carbocycles. The fraction of sp³-hybridized carbons (Fsp3) is 0.417. The van der Waals surface area contributed by atoms with E-state index in [1.54, 1.807) is 0 Å². The van der Waals surface area contributed by atoms with Crippen LogP contribution in [0.3, 0.4) is 0 Å². The van der Waals surface area contributed by atoms with Crippen molar-refractivity contribution in [1.29, 1.82) is 0 Å². The molecule has 0 aromatic rings. The molecule has 0 rings (SSSR count). The Morgan fingerprint density at radius 3 is 2.00 bits per heavy atom. The van der Waals surface area contributed by atoms with Crippen LogP contribution in [0, 0.1) is 0 Å². The Morgan fingerprint density at radius 1 is 1.16 bits per heavy atom. The molecular formula is C12H18O7. The molecule has 7 heteroatoms. The van der Waals surface area contributed by atoms with Crippen molar-refractivity contribution in [2.75, 3.05) is 13.2 Å². The van der Waals surface area contributed by atoms with Crippen LogP contribution in [-0.2, 0) is 23.9 Å². The molecule has 0 aromatic heterocycles. The number of carboxylic acids is 1. The molecule has 0 aliphatic carbocycles. The summed E-state index contributed by atoms with van der Waals surface area (Å²) >= 11 is 0. The zero-order chi connectivity index (χ0) is 15.3. The third-order valence-corrected chi connectivity index (χ3v) is 1.36. The molecule has 0 aliphatic rings. The molecule has 0 fully saturated rings. The van der Waals surface area contributed by atoms with E-state index < -0.39 is 24.0 Å². The van der Waals surface area contributed by atoms with Crippen molar-refractivity contribution in [1.82, 2.24) is 0 Å². The lowest BCUT2D eigenvalue weighted by atomic mass is 10.4. The molecule has 0 saturated carbocycles. The average Bonchev–Trinajstić information content (AvgIpc) is 2.35. The maximum atomic E-state index is 10.3. The van der Waals surface area contributed by atoms with Gasteiger partial charge in [-0.1, -0.05) is 13.2 Å². The van der Waals surface area contributed by atoms with Crippen LogP contribution in [0.15, 0.2) is 25.3 Å². The largest absolute Gasteiger partial charge is 0.481 e. The van der Waals surface area contributed by atoms with Crippen LogP contribution in [0.25, 0.3) is 0 Å². The van der Waals surface area contributed by atoms with E-state index in [2.05, 4.69) is 22.6 Å². The van der Waals surface area contributed by atoms with Crippen LogP contribution in [0.2, 0.25) is 0 Å². The Hall–Kier alpha value is -2.15. The highest BCUT2D eigenvalue weighted by Crippen LogP contribution is 1.84. The van der Waals surface area contributed by atoms with Gasteiger partial charge in [0.25, 0.3) is 0 Å². The van der Waals surface area contributed by atoms with Crippen molar-refractivity contribution < 1.29 is 34.1 Å². The number of aliphatic hydroxyl groups is 1. The molecule has 0 radical (unpaired) electrons. The van der Waals surface area contributed by atoms with E-state index in [4.69, 9.17) is 10.2 Å². The van der Waals surface area contributed by atoms with Crippen LogP contribution >= 0.6 is 0 Å². The summed E-state index contributed by atoms with van der Waals surface area (Å²) in [7, 11) is 0. The standard InChI is InChI=1S/C6H8O4.C6H10O3/c1-2-6(9)10-4-3-5(7)8;1-3-6(8)9-4-5(2)7/h2H,1,3-4H2,(H,7,8);3,5,7H,1,4H2,2H3. The van der Waals surface area contributed by atoms with Crippen LogP contribution in [0.5, 0.6) is 0 Å². The number of ether oxygens (including phenoxy) is 2. The Kier molecular flexibility index (Phi) is 12.4. The number of carbonyl (C=O) groups excluding carboxylic acids is 2. The molecular weight excluding hydrogens is 256 g/mol. The van der Waals surface area contributed by atoms with Crippen molar-refractivity contribution in [3.8, 4) is 0 Å². The fourth-order valence-corrected chi connectivity index (χ4v) is 0.560. The number of rotatable bonds is 7. The second kappa shape index (κ2) is 12.3. The lowest BCUT2D eigenvalue weighted by Crippen LogP contribution is -2.13. The molecule has 19 heavy (non-hydrogen) atoms. The minimum Gasteiger partial charge on any atom is -0.481 e. The predicted molar refractivity (Wildman–Crippen MR) is 66.2 cm³/mol. The molecule has 108 valence electrons. The summed E-state index contributed by atoms with van der Waals surface area (Å²) in [6.07, 6.45) is 1.28. The van der Waals surface area contributed by atoms with Gasteiger partial charge in [-0.2, -0.15) is 0 Å². The highest BCUT2D eigenvalue weighted by Gasteiger charge is 1.99. The highest BCUT2D eigenvalue weighted by atomic mass is 16.5. The zero-order valence-corrected chi connectivity index (χ0v) is 10.7. The third kappa shape index (κ3) is 18.4. The van der Waals surface area contributed by atoms with Crippen LogP contribution in [0.1, 0.15) is 13.3 Å². The van der Waals surface area contributed by atoms with Gasteiger partial charge in [0.2, 0.25) is 0 Å². The van der Waals surface area contributed by atoms with Crippen LogP contribution < -0.4 is 0 Å². The summed E-state index contributed by atoms with van der Waals surface area (Å²) in [5.74, 6) is -2.09. The molecule has 0 heterocycles. The lowest BCUT2D eigenvalue weighted by Gasteiger charge is -2.02. The SMILES string of the molecule is C=CC(=O)OCC(C)O.C=CC(=O)OCCC(=O)O. The number of aliphatic carboxylic acids is 1. The monoisotopic (exact) mass is 274 g/mol. The van der Waals surface area contributed by atoms with E-state index in [1.165, 1.54) is 6.92 Å². The smallest absolute Gasteiger partial charge is 0.330 e. The summed E-state index contributed by atoms with van der Waals surface area (Å²) in [6, 6.07) is 0. The van der Waals surface area contributed by atoms with Crippen LogP contribution in [-0.4, -0.2) is 47.4 Å². The summed E-state index contributed by atoms with van der Waals surface area (Å²) in [5.41, 5.74) is 0. The fourth-order valence-electron chi connectivity index (χ4n) is 0.560. The van der Waals surface area contributed by atoms with Crippen molar-refractivity contribution in [3.05, 3.63) is 25.3 Å². The van der Waals surface area contributed by atoms with Crippen molar-refractivity contribution >= 4 is 17.9 Å². The Balaban J connectivity index is 0. The first-order valence-corrected chi connectivity index (χ1v) is 5.31. The highest BCUT2D eigenvalue weighted by molar-refractivity contribution is 5.81. The molecule has 0 bridgehead atoms. The molecule has 2 N–H and O–H groups in total. The normalized spacial score (nSPS) is 10.2. The minimum absolute atomic E-state index is 0.0326. The number of carboxylic acid groups (broad SMARTS) is 1. The third-order valence-electron chi connectivity index (χ3n) is 1.36. The minimum atomic E-state index is -0.989. The van der Waals surface area contributed by atoms with Gasteiger partial charge in [0.15, 0.2) is 0 Å². The van der Waals surface area contributed by atoms with Gasteiger partial charge in [-0.25, -0.2) is 9.59 Å². The maximum Gasteiger partial charge on any atom is 0.330 e. The van der Waals surface area contributed by atoms with Crippen LogP contribution in [0.4, 0.5) is 0 Å². The van der Waals surface area contributed by atoms with Gasteiger partial charge < -0.3 is 19.7 Å². The van der Waals surface area contributed by atoms with Gasteiger partial charge in [-0.15, -0.1) is 0 Å². The molecule has 7 nitrogen and oxygen atoms in total. The summed E-state index contributed by atoms with van der Waals surface area (Å²) < 4.78 is 8.81. The molecule has 1 unspecified atom stereocenters. The molecule has 1 atom stereocenters. The maximum absolute atomic E-state index is 10.3. The van der Waals surface area contributed by atoms with Crippen molar-refractivity contribution in [2.45, 2.75) is 19.4 Å². The average molecular weight is 274 g/mol. The number of hydrogen-bond acceptors (Lipinski definition) is 6. The first kappa shape index (κ1) is 19.2. The van der Waals surface area contributed by atoms with Crippen molar-refractivity contribution in [2.24, 2.45) is 0 Å². The van der Waals surface area contributed by atoms with E-state index in [0.29, 0.717) is 0 Å². The zero-order valence-electron chi connectivity index (χ0n) is 10.7. The number of aliphatic hydroxyl groups excluding tert-OH is 1. The predicted octanol–water partition coefficient (Wildman–Crippen LogP) is 0.287. The lowest BCUT2D eigenvalue weighted by molar-refractivity contribution is -0.143. The number of hydrogen-bond donors (Lipinski definition) is 2. The van der Waals surface area contributed by atoms with E-state index in [9.17, 15) is 14.4 Å². The Labute approximate surface area is 111 Å². The second-order valence-corrected chi connectivity index (χ2v) is 3.20.